The van der Waals surface area contributed by atoms with E-state index in [0.29, 0.717) is 16.1 Å². The maximum Gasteiger partial charge on any atom is 0.171 e. The van der Waals surface area contributed by atoms with Crippen LogP contribution in [0, 0.1) is 6.92 Å². The normalized spacial score (nSPS) is 13.2. The second kappa shape index (κ2) is 9.21. The predicted molar refractivity (Wildman–Crippen MR) is 114 cm³/mol. The lowest BCUT2D eigenvalue weighted by molar-refractivity contribution is 0.628. The van der Waals surface area contributed by atoms with Crippen LogP contribution in [-0.2, 0) is 0 Å². The van der Waals surface area contributed by atoms with Gasteiger partial charge in [0.1, 0.15) is 0 Å². The fourth-order valence-electron chi connectivity index (χ4n) is 2.76. The number of halogens is 1. The molecule has 0 fully saturated rings. The van der Waals surface area contributed by atoms with E-state index in [4.69, 9.17) is 23.8 Å². The molecule has 0 amide bonds. The molecule has 2 aromatic rings. The Morgan fingerprint density at radius 1 is 1.04 bits per heavy atom. The van der Waals surface area contributed by atoms with E-state index in [1.807, 2.05) is 25.1 Å². The second-order valence-electron chi connectivity index (χ2n) is 6.49. The standard InChI is InChI=1S/C21H27ClN2S/c1-5-14(3)16-8-10-17(11-9-16)19(6-2)23-21(25)24-20-13-18(22)12-7-15(20)4/h7-14,19H,5-6H2,1-4H3,(H2,23,24,25). The smallest absolute Gasteiger partial charge is 0.171 e. The number of hydrogen-bond donors (Lipinski definition) is 2. The first-order chi connectivity index (χ1) is 11.9. The van der Waals surface area contributed by atoms with Gasteiger partial charge in [0.25, 0.3) is 0 Å². The van der Waals surface area contributed by atoms with Crippen molar-refractivity contribution in [1.29, 1.82) is 0 Å². The fraction of sp³-hybridized carbons (Fsp3) is 0.381. The fourth-order valence-corrected chi connectivity index (χ4v) is 3.18. The zero-order valence-electron chi connectivity index (χ0n) is 15.4. The van der Waals surface area contributed by atoms with Crippen molar-refractivity contribution < 1.29 is 0 Å². The van der Waals surface area contributed by atoms with Crippen molar-refractivity contribution in [1.82, 2.24) is 5.32 Å². The summed E-state index contributed by atoms with van der Waals surface area (Å²) >= 11 is 11.6. The minimum Gasteiger partial charge on any atom is -0.356 e. The summed E-state index contributed by atoms with van der Waals surface area (Å²) in [5, 5.41) is 7.99. The van der Waals surface area contributed by atoms with E-state index in [0.717, 1.165) is 24.1 Å². The van der Waals surface area contributed by atoms with E-state index in [2.05, 4.69) is 55.7 Å². The maximum absolute atomic E-state index is 6.08. The largest absolute Gasteiger partial charge is 0.356 e. The molecule has 0 aromatic heterocycles. The monoisotopic (exact) mass is 374 g/mol. The van der Waals surface area contributed by atoms with Crippen molar-refractivity contribution in [2.75, 3.05) is 5.32 Å². The van der Waals surface area contributed by atoms with Crippen LogP contribution in [-0.4, -0.2) is 5.11 Å². The molecule has 2 N–H and O–H groups in total. The highest BCUT2D eigenvalue weighted by Crippen LogP contribution is 2.24. The van der Waals surface area contributed by atoms with Crippen molar-refractivity contribution >= 4 is 34.6 Å². The molecule has 0 radical (unpaired) electrons. The van der Waals surface area contributed by atoms with Crippen molar-refractivity contribution in [3.63, 3.8) is 0 Å². The third-order valence-electron chi connectivity index (χ3n) is 4.68. The first-order valence-electron chi connectivity index (χ1n) is 8.88. The second-order valence-corrected chi connectivity index (χ2v) is 7.34. The van der Waals surface area contributed by atoms with E-state index >= 15 is 0 Å². The average Bonchev–Trinajstić information content (AvgIpc) is 2.62. The van der Waals surface area contributed by atoms with E-state index < -0.39 is 0 Å². The number of hydrogen-bond acceptors (Lipinski definition) is 1. The van der Waals surface area contributed by atoms with Crippen molar-refractivity contribution in [3.05, 3.63) is 64.2 Å². The zero-order valence-corrected chi connectivity index (χ0v) is 17.0. The molecule has 2 rings (SSSR count). The van der Waals surface area contributed by atoms with Crippen LogP contribution in [0.5, 0.6) is 0 Å². The maximum atomic E-state index is 6.08. The summed E-state index contributed by atoms with van der Waals surface area (Å²) in [7, 11) is 0. The molecule has 4 heteroatoms. The average molecular weight is 375 g/mol. The van der Waals surface area contributed by atoms with Gasteiger partial charge in [-0.1, -0.05) is 62.7 Å². The van der Waals surface area contributed by atoms with E-state index in [1.165, 1.54) is 11.1 Å². The Balaban J connectivity index is 2.05. The molecule has 0 heterocycles. The van der Waals surface area contributed by atoms with Crippen LogP contribution >= 0.6 is 23.8 Å². The quantitative estimate of drug-likeness (QED) is 0.557. The Labute approximate surface area is 162 Å². The Morgan fingerprint density at radius 2 is 1.68 bits per heavy atom. The molecule has 2 nitrogen and oxygen atoms in total. The summed E-state index contributed by atoms with van der Waals surface area (Å²) in [5.74, 6) is 0.593. The van der Waals surface area contributed by atoms with Crippen molar-refractivity contribution in [2.45, 2.75) is 52.5 Å². The van der Waals surface area contributed by atoms with Gasteiger partial charge in [-0.3, -0.25) is 0 Å². The Kier molecular flexibility index (Phi) is 7.27. The zero-order chi connectivity index (χ0) is 18.4. The molecule has 0 saturated heterocycles. The Hall–Kier alpha value is -1.58. The lowest BCUT2D eigenvalue weighted by atomic mass is 9.95. The molecule has 0 aliphatic carbocycles. The van der Waals surface area contributed by atoms with Gasteiger partial charge in [-0.2, -0.15) is 0 Å². The van der Waals surface area contributed by atoms with Gasteiger partial charge in [0.05, 0.1) is 6.04 Å². The Morgan fingerprint density at radius 3 is 2.28 bits per heavy atom. The van der Waals surface area contributed by atoms with E-state index in [-0.39, 0.29) is 6.04 Å². The molecule has 0 aliphatic heterocycles. The third-order valence-corrected chi connectivity index (χ3v) is 5.14. The van der Waals surface area contributed by atoms with Gasteiger partial charge < -0.3 is 10.6 Å². The van der Waals surface area contributed by atoms with Crippen LogP contribution in [0.25, 0.3) is 0 Å². The van der Waals surface area contributed by atoms with Crippen molar-refractivity contribution in [2.24, 2.45) is 0 Å². The van der Waals surface area contributed by atoms with Crippen molar-refractivity contribution in [3.8, 4) is 0 Å². The van der Waals surface area contributed by atoms with Gasteiger partial charge in [0.15, 0.2) is 5.11 Å². The number of nitrogens with one attached hydrogen (secondary N) is 2. The van der Waals surface area contributed by atoms with Crippen LogP contribution < -0.4 is 10.6 Å². The van der Waals surface area contributed by atoms with Crippen LogP contribution in [0.3, 0.4) is 0 Å². The van der Waals surface area contributed by atoms with Gasteiger partial charge in [-0.05, 0) is 66.7 Å². The molecule has 0 saturated carbocycles. The van der Waals surface area contributed by atoms with Crippen LogP contribution in [0.4, 0.5) is 5.69 Å². The molecule has 0 spiro atoms. The summed E-state index contributed by atoms with van der Waals surface area (Å²) < 4.78 is 0. The number of rotatable bonds is 6. The lowest BCUT2D eigenvalue weighted by Gasteiger charge is -2.21. The van der Waals surface area contributed by atoms with Gasteiger partial charge >= 0.3 is 0 Å². The first kappa shape index (κ1) is 19.7. The highest BCUT2D eigenvalue weighted by atomic mass is 35.5. The SMILES string of the molecule is CCC(C)c1ccc(C(CC)NC(=S)Nc2cc(Cl)ccc2C)cc1. The number of aryl methyl sites for hydroxylation is 1. The number of benzene rings is 2. The minimum atomic E-state index is 0.186. The first-order valence-corrected chi connectivity index (χ1v) is 9.66. The number of anilines is 1. The molecule has 0 bridgehead atoms. The predicted octanol–water partition coefficient (Wildman–Crippen LogP) is 6.60. The summed E-state index contributed by atoms with van der Waals surface area (Å²) in [5.41, 5.74) is 4.68. The summed E-state index contributed by atoms with van der Waals surface area (Å²) in [6, 6.07) is 14.8. The molecule has 2 atom stereocenters. The molecule has 2 aromatic carbocycles. The number of thiocarbonyl (C=S) groups is 1. The van der Waals surface area contributed by atoms with Crippen LogP contribution in [0.15, 0.2) is 42.5 Å². The summed E-state index contributed by atoms with van der Waals surface area (Å²) in [4.78, 5) is 0. The van der Waals surface area contributed by atoms with E-state index in [1.54, 1.807) is 0 Å². The highest BCUT2D eigenvalue weighted by Gasteiger charge is 2.12. The van der Waals surface area contributed by atoms with Crippen LogP contribution in [0.1, 0.15) is 62.3 Å². The molecule has 0 aliphatic rings. The van der Waals surface area contributed by atoms with Gasteiger partial charge in [0, 0.05) is 10.7 Å². The third kappa shape index (κ3) is 5.45. The molecule has 134 valence electrons. The lowest BCUT2D eigenvalue weighted by Crippen LogP contribution is -2.32. The van der Waals surface area contributed by atoms with Gasteiger partial charge in [-0.25, -0.2) is 0 Å². The van der Waals surface area contributed by atoms with E-state index in [9.17, 15) is 0 Å². The molecule has 25 heavy (non-hydrogen) atoms. The Bertz CT molecular complexity index is 712. The molecular formula is C21H27ClN2S. The minimum absolute atomic E-state index is 0.186. The topological polar surface area (TPSA) is 24.1 Å². The molecular weight excluding hydrogens is 348 g/mol. The molecule has 2 unspecified atom stereocenters. The highest BCUT2D eigenvalue weighted by molar-refractivity contribution is 7.80. The van der Waals surface area contributed by atoms with Gasteiger partial charge in [-0.15, -0.1) is 0 Å². The van der Waals surface area contributed by atoms with Gasteiger partial charge in [0.2, 0.25) is 0 Å². The summed E-state index contributed by atoms with van der Waals surface area (Å²) in [6.07, 6.45) is 2.11. The van der Waals surface area contributed by atoms with Crippen LogP contribution in [0.2, 0.25) is 5.02 Å². The summed E-state index contributed by atoms with van der Waals surface area (Å²) in [6.45, 7) is 8.67.